The van der Waals surface area contributed by atoms with E-state index >= 15 is 0 Å². The Labute approximate surface area is 90.1 Å². The molecule has 0 spiro atoms. The molecule has 0 aromatic rings. The van der Waals surface area contributed by atoms with Crippen molar-refractivity contribution in [2.75, 3.05) is 6.61 Å². The lowest BCUT2D eigenvalue weighted by atomic mass is 9.69. The molecule has 0 N–H and O–H groups in total. The third-order valence-corrected chi connectivity index (χ3v) is 4.32. The second kappa shape index (κ2) is 4.00. The number of halogens is 4. The summed E-state index contributed by atoms with van der Waals surface area (Å²) >= 11 is 3.45. The van der Waals surface area contributed by atoms with Crippen LogP contribution in [0.3, 0.4) is 0 Å². The van der Waals surface area contributed by atoms with E-state index in [1.807, 2.05) is 13.8 Å². The predicted molar refractivity (Wildman–Crippen MR) is 51.5 cm³/mol. The topological polar surface area (TPSA) is 9.23 Å². The Morgan fingerprint density at radius 2 is 2.00 bits per heavy atom. The first-order valence-electron chi connectivity index (χ1n) is 4.56. The molecule has 1 nitrogen and oxygen atoms in total. The van der Waals surface area contributed by atoms with Crippen molar-refractivity contribution in [2.24, 2.45) is 5.41 Å². The van der Waals surface area contributed by atoms with E-state index < -0.39 is 12.6 Å². The van der Waals surface area contributed by atoms with Gasteiger partial charge >= 0.3 is 6.18 Å². The summed E-state index contributed by atoms with van der Waals surface area (Å²) in [7, 11) is 0. The lowest BCUT2D eigenvalue weighted by Crippen LogP contribution is -2.51. The second-order valence-electron chi connectivity index (χ2n) is 4.25. The molecule has 0 radical (unpaired) electrons. The lowest BCUT2D eigenvalue weighted by molar-refractivity contribution is -0.163. The van der Waals surface area contributed by atoms with Crippen LogP contribution in [0.5, 0.6) is 0 Å². The van der Waals surface area contributed by atoms with Crippen LogP contribution in [0.4, 0.5) is 13.2 Å². The number of hydrogen-bond donors (Lipinski definition) is 0. The van der Waals surface area contributed by atoms with Crippen LogP contribution in [0.2, 0.25) is 0 Å². The van der Waals surface area contributed by atoms with Crippen molar-refractivity contribution >= 4 is 15.9 Å². The van der Waals surface area contributed by atoms with Gasteiger partial charge < -0.3 is 4.74 Å². The number of alkyl halides is 4. The quantitative estimate of drug-likeness (QED) is 0.716. The van der Waals surface area contributed by atoms with E-state index in [0.717, 1.165) is 6.42 Å². The van der Waals surface area contributed by atoms with Gasteiger partial charge in [-0.1, -0.05) is 29.8 Å². The SMILES string of the molecule is CC1(C)C(Br)CC1OCCC(F)(F)F. The van der Waals surface area contributed by atoms with Crippen molar-refractivity contribution in [3.8, 4) is 0 Å². The smallest absolute Gasteiger partial charge is 0.377 e. The van der Waals surface area contributed by atoms with Crippen molar-refractivity contribution in [1.82, 2.24) is 0 Å². The van der Waals surface area contributed by atoms with E-state index in [2.05, 4.69) is 15.9 Å². The zero-order valence-electron chi connectivity index (χ0n) is 8.20. The number of rotatable bonds is 3. The molecule has 1 aliphatic rings. The standard InChI is InChI=1S/C9H14BrF3O/c1-8(2)6(10)5-7(8)14-4-3-9(11,12)13/h6-7H,3-5H2,1-2H3. The first-order valence-corrected chi connectivity index (χ1v) is 5.47. The molecule has 1 rings (SSSR count). The van der Waals surface area contributed by atoms with Crippen LogP contribution in [0.15, 0.2) is 0 Å². The van der Waals surface area contributed by atoms with Crippen LogP contribution in [0.25, 0.3) is 0 Å². The van der Waals surface area contributed by atoms with Gasteiger partial charge in [0.05, 0.1) is 19.1 Å². The first kappa shape index (κ1) is 12.3. The Morgan fingerprint density at radius 3 is 2.36 bits per heavy atom. The molecule has 14 heavy (non-hydrogen) atoms. The van der Waals surface area contributed by atoms with E-state index in [1.165, 1.54) is 0 Å². The third-order valence-electron chi connectivity index (χ3n) is 2.76. The predicted octanol–water partition coefficient (Wildman–Crippen LogP) is 3.52. The van der Waals surface area contributed by atoms with Crippen LogP contribution in [-0.4, -0.2) is 23.7 Å². The molecule has 1 saturated carbocycles. The fourth-order valence-electron chi connectivity index (χ4n) is 1.44. The lowest BCUT2D eigenvalue weighted by Gasteiger charge is -2.48. The van der Waals surface area contributed by atoms with E-state index in [4.69, 9.17) is 4.74 Å². The summed E-state index contributed by atoms with van der Waals surface area (Å²) in [6, 6.07) is 0. The third kappa shape index (κ3) is 2.86. The molecule has 2 atom stereocenters. The molecule has 1 aliphatic carbocycles. The maximum atomic E-state index is 11.8. The first-order chi connectivity index (χ1) is 6.23. The number of hydrogen-bond acceptors (Lipinski definition) is 1. The number of ether oxygens (including phenoxy) is 1. The maximum Gasteiger partial charge on any atom is 0.391 e. The summed E-state index contributed by atoms with van der Waals surface area (Å²) in [4.78, 5) is 0.353. The van der Waals surface area contributed by atoms with Crippen molar-refractivity contribution in [1.29, 1.82) is 0 Å². The fourth-order valence-corrected chi connectivity index (χ4v) is 2.07. The van der Waals surface area contributed by atoms with Crippen molar-refractivity contribution < 1.29 is 17.9 Å². The van der Waals surface area contributed by atoms with E-state index in [-0.39, 0.29) is 18.1 Å². The van der Waals surface area contributed by atoms with Gasteiger partial charge in [-0.05, 0) is 6.42 Å². The molecule has 2 unspecified atom stereocenters. The average molecular weight is 275 g/mol. The van der Waals surface area contributed by atoms with Crippen LogP contribution in [0, 0.1) is 5.41 Å². The van der Waals surface area contributed by atoms with Gasteiger partial charge in [0.2, 0.25) is 0 Å². The van der Waals surface area contributed by atoms with Gasteiger partial charge in [-0.2, -0.15) is 13.2 Å². The second-order valence-corrected chi connectivity index (χ2v) is 5.35. The monoisotopic (exact) mass is 274 g/mol. The summed E-state index contributed by atoms with van der Waals surface area (Å²) in [6.45, 7) is 3.76. The molecule has 0 heterocycles. The van der Waals surface area contributed by atoms with Gasteiger partial charge in [0.25, 0.3) is 0 Å². The van der Waals surface area contributed by atoms with Crippen LogP contribution in [-0.2, 0) is 4.74 Å². The highest BCUT2D eigenvalue weighted by Gasteiger charge is 2.47. The van der Waals surface area contributed by atoms with Gasteiger partial charge in [-0.3, -0.25) is 0 Å². The van der Waals surface area contributed by atoms with Gasteiger partial charge in [-0.25, -0.2) is 0 Å². The molecule has 0 bridgehead atoms. The minimum atomic E-state index is -4.11. The highest BCUT2D eigenvalue weighted by atomic mass is 79.9. The van der Waals surface area contributed by atoms with Crippen LogP contribution >= 0.6 is 15.9 Å². The highest BCUT2D eigenvalue weighted by molar-refractivity contribution is 9.09. The molecule has 0 aliphatic heterocycles. The highest BCUT2D eigenvalue weighted by Crippen LogP contribution is 2.47. The Hall–Kier alpha value is 0.230. The summed E-state index contributed by atoms with van der Waals surface area (Å²) in [5.74, 6) is 0. The zero-order chi connectivity index (χ0) is 11.0. The van der Waals surface area contributed by atoms with Crippen molar-refractivity contribution in [3.63, 3.8) is 0 Å². The minimum Gasteiger partial charge on any atom is -0.377 e. The minimum absolute atomic E-state index is 0.0470. The van der Waals surface area contributed by atoms with E-state index in [0.29, 0.717) is 4.83 Å². The Bertz CT molecular complexity index is 203. The van der Waals surface area contributed by atoms with Crippen LogP contribution in [0.1, 0.15) is 26.7 Å². The normalized spacial score (nSPS) is 31.3. The largest absolute Gasteiger partial charge is 0.391 e. The maximum absolute atomic E-state index is 11.8. The van der Waals surface area contributed by atoms with Gasteiger partial charge in [0, 0.05) is 10.2 Å². The molecular formula is C9H14BrF3O. The van der Waals surface area contributed by atoms with E-state index in [9.17, 15) is 13.2 Å². The van der Waals surface area contributed by atoms with Gasteiger partial charge in [-0.15, -0.1) is 0 Å². The Balaban J connectivity index is 2.22. The summed E-state index contributed by atoms with van der Waals surface area (Å²) in [5.41, 5.74) is -0.0500. The molecule has 5 heteroatoms. The molecule has 0 aromatic heterocycles. The molecule has 1 fully saturated rings. The van der Waals surface area contributed by atoms with Gasteiger partial charge in [0.1, 0.15) is 0 Å². The zero-order valence-corrected chi connectivity index (χ0v) is 9.78. The fraction of sp³-hybridized carbons (Fsp3) is 1.00. The van der Waals surface area contributed by atoms with Crippen molar-refractivity contribution in [2.45, 2.75) is 43.8 Å². The molecular weight excluding hydrogens is 261 g/mol. The Kier molecular flexibility index (Phi) is 3.52. The van der Waals surface area contributed by atoms with E-state index in [1.54, 1.807) is 0 Å². The molecule has 0 amide bonds. The van der Waals surface area contributed by atoms with Crippen LogP contribution < -0.4 is 0 Å². The Morgan fingerprint density at radius 1 is 1.43 bits per heavy atom. The molecule has 84 valence electrons. The van der Waals surface area contributed by atoms with Crippen molar-refractivity contribution in [3.05, 3.63) is 0 Å². The molecule has 0 aromatic carbocycles. The summed E-state index contributed by atoms with van der Waals surface area (Å²) < 4.78 is 40.6. The molecule has 0 saturated heterocycles. The summed E-state index contributed by atoms with van der Waals surface area (Å²) in [5, 5.41) is 0. The average Bonchev–Trinajstić information content (AvgIpc) is 2.01. The van der Waals surface area contributed by atoms with Gasteiger partial charge in [0.15, 0.2) is 0 Å². The summed E-state index contributed by atoms with van der Waals surface area (Å²) in [6.07, 6.45) is -4.21.